The van der Waals surface area contributed by atoms with Gasteiger partial charge in [0.2, 0.25) is 0 Å². The van der Waals surface area contributed by atoms with Crippen molar-refractivity contribution in [3.05, 3.63) is 95.0 Å². The number of ether oxygens (including phenoxy) is 2. The fourth-order valence-corrected chi connectivity index (χ4v) is 3.27. The molecule has 0 radical (unpaired) electrons. The maximum absolute atomic E-state index is 6.10. The van der Waals surface area contributed by atoms with Gasteiger partial charge in [0.25, 0.3) is 0 Å². The average Bonchev–Trinajstić information content (AvgIpc) is 2.71. The Morgan fingerprint density at radius 2 is 1.52 bits per heavy atom. The third kappa shape index (κ3) is 4.07. The van der Waals surface area contributed by atoms with Gasteiger partial charge in [0, 0.05) is 11.1 Å². The minimum atomic E-state index is 0.539. The SMILES string of the molecule is Nc1ccc(Oc2c(Br)ccc3cc(OCc4ccccc4)ccc23)cc1. The first-order valence-electron chi connectivity index (χ1n) is 8.61. The molecule has 0 unspecified atom stereocenters. The van der Waals surface area contributed by atoms with Crippen molar-refractivity contribution in [2.24, 2.45) is 0 Å². The number of halogens is 1. The summed E-state index contributed by atoms with van der Waals surface area (Å²) >= 11 is 3.59. The van der Waals surface area contributed by atoms with E-state index in [4.69, 9.17) is 15.2 Å². The van der Waals surface area contributed by atoms with Crippen LogP contribution in [0.3, 0.4) is 0 Å². The molecule has 0 aliphatic carbocycles. The van der Waals surface area contributed by atoms with Crippen LogP contribution < -0.4 is 15.2 Å². The molecular formula is C23H18BrNO2. The average molecular weight is 420 g/mol. The van der Waals surface area contributed by atoms with Crippen molar-refractivity contribution in [1.82, 2.24) is 0 Å². The van der Waals surface area contributed by atoms with Gasteiger partial charge in [-0.25, -0.2) is 0 Å². The molecule has 4 rings (SSSR count). The van der Waals surface area contributed by atoms with Crippen molar-refractivity contribution in [3.63, 3.8) is 0 Å². The minimum Gasteiger partial charge on any atom is -0.489 e. The van der Waals surface area contributed by atoms with Gasteiger partial charge in [-0.1, -0.05) is 36.4 Å². The minimum absolute atomic E-state index is 0.539. The fourth-order valence-electron chi connectivity index (χ4n) is 2.84. The molecule has 0 saturated carbocycles. The van der Waals surface area contributed by atoms with Gasteiger partial charge in [0.1, 0.15) is 23.9 Å². The highest BCUT2D eigenvalue weighted by molar-refractivity contribution is 9.10. The summed E-state index contributed by atoms with van der Waals surface area (Å²) in [5, 5.41) is 2.06. The van der Waals surface area contributed by atoms with Gasteiger partial charge in [-0.15, -0.1) is 0 Å². The van der Waals surface area contributed by atoms with Crippen LogP contribution in [0.25, 0.3) is 10.8 Å². The van der Waals surface area contributed by atoms with Gasteiger partial charge in [0.15, 0.2) is 0 Å². The molecule has 134 valence electrons. The Morgan fingerprint density at radius 3 is 2.30 bits per heavy atom. The molecule has 0 aliphatic heterocycles. The van der Waals surface area contributed by atoms with Crippen molar-refractivity contribution in [1.29, 1.82) is 0 Å². The topological polar surface area (TPSA) is 44.5 Å². The van der Waals surface area contributed by atoms with E-state index in [1.54, 1.807) is 0 Å². The highest BCUT2D eigenvalue weighted by Crippen LogP contribution is 2.38. The van der Waals surface area contributed by atoms with Gasteiger partial charge < -0.3 is 15.2 Å². The third-order valence-corrected chi connectivity index (χ3v) is 4.87. The Labute approximate surface area is 166 Å². The Bertz CT molecular complexity index is 1060. The maximum atomic E-state index is 6.10. The summed E-state index contributed by atoms with van der Waals surface area (Å²) in [4.78, 5) is 0. The molecule has 0 aliphatic rings. The second kappa shape index (κ2) is 7.72. The number of anilines is 1. The Kier molecular flexibility index (Phi) is 4.99. The lowest BCUT2D eigenvalue weighted by Gasteiger charge is -2.13. The zero-order valence-electron chi connectivity index (χ0n) is 14.6. The number of rotatable bonds is 5. The molecule has 2 N–H and O–H groups in total. The smallest absolute Gasteiger partial charge is 0.149 e. The van der Waals surface area contributed by atoms with Gasteiger partial charge in [0.05, 0.1) is 4.47 Å². The summed E-state index contributed by atoms with van der Waals surface area (Å²) in [6.07, 6.45) is 0. The summed E-state index contributed by atoms with van der Waals surface area (Å²) < 4.78 is 12.9. The summed E-state index contributed by atoms with van der Waals surface area (Å²) in [6.45, 7) is 0.539. The molecule has 0 saturated heterocycles. The van der Waals surface area contributed by atoms with Crippen LogP contribution >= 0.6 is 15.9 Å². The second-order valence-electron chi connectivity index (χ2n) is 6.20. The van der Waals surface area contributed by atoms with E-state index in [2.05, 4.69) is 28.1 Å². The molecule has 0 fully saturated rings. The molecule has 0 bridgehead atoms. The molecule has 4 heteroatoms. The van der Waals surface area contributed by atoms with E-state index in [0.717, 1.165) is 38.1 Å². The van der Waals surface area contributed by atoms with Gasteiger partial charge in [-0.3, -0.25) is 0 Å². The van der Waals surface area contributed by atoms with Crippen LogP contribution in [0.1, 0.15) is 5.56 Å². The van der Waals surface area contributed by atoms with E-state index >= 15 is 0 Å². The van der Waals surface area contributed by atoms with Gasteiger partial charge >= 0.3 is 0 Å². The Balaban J connectivity index is 1.61. The number of hydrogen-bond donors (Lipinski definition) is 1. The molecule has 0 amide bonds. The zero-order chi connectivity index (χ0) is 18.6. The third-order valence-electron chi connectivity index (χ3n) is 4.24. The van der Waals surface area contributed by atoms with Crippen LogP contribution in [-0.4, -0.2) is 0 Å². The number of nitrogen functional groups attached to an aromatic ring is 1. The van der Waals surface area contributed by atoms with Crippen LogP contribution in [0.4, 0.5) is 5.69 Å². The zero-order valence-corrected chi connectivity index (χ0v) is 16.1. The predicted molar refractivity (Wildman–Crippen MR) is 113 cm³/mol. The van der Waals surface area contributed by atoms with Crippen LogP contribution in [0.5, 0.6) is 17.2 Å². The predicted octanol–water partition coefficient (Wildman–Crippen LogP) is 6.56. The van der Waals surface area contributed by atoms with Crippen LogP contribution in [0.2, 0.25) is 0 Å². The molecule has 0 heterocycles. The Morgan fingerprint density at radius 1 is 0.778 bits per heavy atom. The molecule has 0 spiro atoms. The van der Waals surface area contributed by atoms with Gasteiger partial charge in [-0.05, 0) is 75.4 Å². The first kappa shape index (κ1) is 17.4. The molecule has 0 atom stereocenters. The van der Waals surface area contributed by atoms with E-state index in [1.807, 2.05) is 72.8 Å². The van der Waals surface area contributed by atoms with Crippen molar-refractivity contribution >= 4 is 32.4 Å². The van der Waals surface area contributed by atoms with E-state index in [-0.39, 0.29) is 0 Å². The van der Waals surface area contributed by atoms with E-state index in [1.165, 1.54) is 0 Å². The van der Waals surface area contributed by atoms with E-state index in [0.29, 0.717) is 12.3 Å². The monoisotopic (exact) mass is 419 g/mol. The molecule has 27 heavy (non-hydrogen) atoms. The number of fused-ring (bicyclic) bond motifs is 1. The van der Waals surface area contributed by atoms with Crippen molar-refractivity contribution in [2.45, 2.75) is 6.61 Å². The number of hydrogen-bond acceptors (Lipinski definition) is 3. The number of nitrogens with two attached hydrogens (primary N) is 1. The highest BCUT2D eigenvalue weighted by atomic mass is 79.9. The molecule has 4 aromatic carbocycles. The van der Waals surface area contributed by atoms with E-state index in [9.17, 15) is 0 Å². The first-order chi connectivity index (χ1) is 13.2. The first-order valence-corrected chi connectivity index (χ1v) is 9.41. The lowest BCUT2D eigenvalue weighted by Crippen LogP contribution is -1.95. The maximum Gasteiger partial charge on any atom is 0.149 e. The standard InChI is InChI=1S/C23H18BrNO2/c24-22-13-6-17-14-20(26-15-16-4-2-1-3-5-16)11-12-21(17)23(22)27-19-9-7-18(25)8-10-19/h1-14H,15,25H2. The molecule has 0 aromatic heterocycles. The summed E-state index contributed by atoms with van der Waals surface area (Å²) in [5.74, 6) is 2.33. The normalized spacial score (nSPS) is 10.7. The quantitative estimate of drug-likeness (QED) is 0.372. The van der Waals surface area contributed by atoms with Crippen molar-refractivity contribution < 1.29 is 9.47 Å². The van der Waals surface area contributed by atoms with Gasteiger partial charge in [-0.2, -0.15) is 0 Å². The number of benzene rings is 4. The Hall–Kier alpha value is -2.98. The van der Waals surface area contributed by atoms with Crippen LogP contribution in [0.15, 0.2) is 89.4 Å². The van der Waals surface area contributed by atoms with Crippen LogP contribution in [0, 0.1) is 0 Å². The van der Waals surface area contributed by atoms with E-state index < -0.39 is 0 Å². The summed E-state index contributed by atoms with van der Waals surface area (Å²) in [7, 11) is 0. The molecule has 4 aromatic rings. The van der Waals surface area contributed by atoms with Crippen LogP contribution in [-0.2, 0) is 6.61 Å². The molecule has 3 nitrogen and oxygen atoms in total. The lowest BCUT2D eigenvalue weighted by molar-refractivity contribution is 0.306. The fraction of sp³-hybridized carbons (Fsp3) is 0.0435. The highest BCUT2D eigenvalue weighted by Gasteiger charge is 2.10. The van der Waals surface area contributed by atoms with Crippen molar-refractivity contribution in [2.75, 3.05) is 5.73 Å². The summed E-state index contributed by atoms with van der Waals surface area (Å²) in [5.41, 5.74) is 7.60. The van der Waals surface area contributed by atoms with Crippen molar-refractivity contribution in [3.8, 4) is 17.2 Å². The summed E-state index contributed by atoms with van der Waals surface area (Å²) in [6, 6.07) is 27.5. The second-order valence-corrected chi connectivity index (χ2v) is 7.06. The lowest BCUT2D eigenvalue weighted by atomic mass is 10.1. The molecular weight excluding hydrogens is 402 g/mol. The largest absolute Gasteiger partial charge is 0.489 e.